The van der Waals surface area contributed by atoms with Crippen LogP contribution in [-0.4, -0.2) is 23.9 Å². The highest BCUT2D eigenvalue weighted by Gasteiger charge is 2.22. The van der Waals surface area contributed by atoms with E-state index in [9.17, 15) is 10.2 Å². The second kappa shape index (κ2) is 5.56. The summed E-state index contributed by atoms with van der Waals surface area (Å²) in [5.74, 6) is 2.00. The standard InChI is InChI=1S/C17H18O4/c1-20-17-9-16-13(8-15(17)19)7-12(10-21-16)6-11-2-4-14(18)5-3-11/h2-5,8-9,12,18-19H,6-7,10H2,1H3/t12-/m1/s1. The molecule has 21 heavy (non-hydrogen) atoms. The van der Waals surface area contributed by atoms with E-state index in [1.807, 2.05) is 12.1 Å². The molecular formula is C17H18O4. The van der Waals surface area contributed by atoms with E-state index in [-0.39, 0.29) is 11.5 Å². The molecule has 0 bridgehead atoms. The fourth-order valence-corrected chi connectivity index (χ4v) is 2.72. The van der Waals surface area contributed by atoms with Crippen molar-refractivity contribution < 1.29 is 19.7 Å². The lowest BCUT2D eigenvalue weighted by Gasteiger charge is -2.26. The summed E-state index contributed by atoms with van der Waals surface area (Å²) < 4.78 is 10.9. The van der Waals surface area contributed by atoms with Crippen molar-refractivity contribution >= 4 is 0 Å². The Bertz CT molecular complexity index is 634. The molecule has 110 valence electrons. The van der Waals surface area contributed by atoms with E-state index in [0.717, 1.165) is 24.2 Å². The summed E-state index contributed by atoms with van der Waals surface area (Å²) >= 11 is 0. The van der Waals surface area contributed by atoms with E-state index in [0.29, 0.717) is 18.3 Å². The molecule has 0 amide bonds. The fourth-order valence-electron chi connectivity index (χ4n) is 2.72. The first-order valence-electron chi connectivity index (χ1n) is 6.96. The summed E-state index contributed by atoms with van der Waals surface area (Å²) in [6.07, 6.45) is 1.74. The summed E-state index contributed by atoms with van der Waals surface area (Å²) in [6.45, 7) is 0.641. The van der Waals surface area contributed by atoms with Gasteiger partial charge in [0.1, 0.15) is 11.5 Å². The minimum absolute atomic E-state index is 0.144. The third-order valence-corrected chi connectivity index (χ3v) is 3.81. The Balaban J connectivity index is 1.75. The van der Waals surface area contributed by atoms with Crippen molar-refractivity contribution in [3.05, 3.63) is 47.5 Å². The Hall–Kier alpha value is -2.36. The smallest absolute Gasteiger partial charge is 0.164 e. The Morgan fingerprint density at radius 2 is 1.95 bits per heavy atom. The SMILES string of the molecule is COc1cc2c(cc1O)C[C@@H](Cc1ccc(O)cc1)CO2. The molecule has 0 unspecified atom stereocenters. The van der Waals surface area contributed by atoms with Gasteiger partial charge in [-0.15, -0.1) is 0 Å². The van der Waals surface area contributed by atoms with Crippen LogP contribution in [0.3, 0.4) is 0 Å². The van der Waals surface area contributed by atoms with Crippen molar-refractivity contribution in [1.29, 1.82) is 0 Å². The number of fused-ring (bicyclic) bond motifs is 1. The molecule has 3 rings (SSSR count). The van der Waals surface area contributed by atoms with Crippen LogP contribution in [-0.2, 0) is 12.8 Å². The Labute approximate surface area is 123 Å². The maximum atomic E-state index is 9.86. The summed E-state index contributed by atoms with van der Waals surface area (Å²) in [6, 6.07) is 10.7. The van der Waals surface area contributed by atoms with Gasteiger partial charge in [0.15, 0.2) is 11.5 Å². The summed E-state index contributed by atoms with van der Waals surface area (Å²) in [4.78, 5) is 0. The number of aromatic hydroxyl groups is 2. The van der Waals surface area contributed by atoms with E-state index < -0.39 is 0 Å². The maximum Gasteiger partial charge on any atom is 0.164 e. The number of methoxy groups -OCH3 is 1. The third-order valence-electron chi connectivity index (χ3n) is 3.81. The molecule has 1 aliphatic rings. The lowest BCUT2D eigenvalue weighted by molar-refractivity contribution is 0.219. The average Bonchev–Trinajstić information content (AvgIpc) is 2.49. The average molecular weight is 286 g/mol. The molecule has 0 fully saturated rings. The van der Waals surface area contributed by atoms with E-state index >= 15 is 0 Å². The van der Waals surface area contributed by atoms with Crippen molar-refractivity contribution in [2.45, 2.75) is 12.8 Å². The fraction of sp³-hybridized carbons (Fsp3) is 0.294. The molecule has 0 saturated heterocycles. The number of benzene rings is 2. The van der Waals surface area contributed by atoms with E-state index in [4.69, 9.17) is 9.47 Å². The molecule has 0 spiro atoms. The highest BCUT2D eigenvalue weighted by Crippen LogP contribution is 2.37. The van der Waals surface area contributed by atoms with Gasteiger partial charge in [-0.25, -0.2) is 0 Å². The first-order chi connectivity index (χ1) is 10.2. The molecule has 1 heterocycles. The zero-order valence-electron chi connectivity index (χ0n) is 11.9. The molecule has 1 aliphatic heterocycles. The normalized spacial score (nSPS) is 16.9. The Kier molecular flexibility index (Phi) is 3.60. The number of hydrogen-bond acceptors (Lipinski definition) is 4. The van der Waals surface area contributed by atoms with Crippen LogP contribution in [0.5, 0.6) is 23.0 Å². The molecule has 4 heteroatoms. The van der Waals surface area contributed by atoms with Gasteiger partial charge in [0, 0.05) is 12.0 Å². The van der Waals surface area contributed by atoms with Crippen molar-refractivity contribution in [2.75, 3.05) is 13.7 Å². The van der Waals surface area contributed by atoms with Crippen LogP contribution in [0.4, 0.5) is 0 Å². The summed E-state index contributed by atoms with van der Waals surface area (Å²) in [5, 5.41) is 19.2. The Morgan fingerprint density at radius 1 is 1.19 bits per heavy atom. The quantitative estimate of drug-likeness (QED) is 0.911. The van der Waals surface area contributed by atoms with Gasteiger partial charge in [0.25, 0.3) is 0 Å². The number of phenols is 2. The highest BCUT2D eigenvalue weighted by atomic mass is 16.5. The second-order valence-electron chi connectivity index (χ2n) is 5.38. The minimum Gasteiger partial charge on any atom is -0.508 e. The molecule has 2 aromatic rings. The number of ether oxygens (including phenoxy) is 2. The van der Waals surface area contributed by atoms with Gasteiger partial charge in [-0.2, -0.15) is 0 Å². The molecule has 0 aliphatic carbocycles. The van der Waals surface area contributed by atoms with Crippen molar-refractivity contribution in [1.82, 2.24) is 0 Å². The first kappa shape index (κ1) is 13.6. The van der Waals surface area contributed by atoms with Gasteiger partial charge in [0.2, 0.25) is 0 Å². The van der Waals surface area contributed by atoms with E-state index in [1.165, 1.54) is 12.7 Å². The van der Waals surface area contributed by atoms with Crippen molar-refractivity contribution in [2.24, 2.45) is 5.92 Å². The van der Waals surface area contributed by atoms with Crippen LogP contribution in [0.2, 0.25) is 0 Å². The topological polar surface area (TPSA) is 58.9 Å². The largest absolute Gasteiger partial charge is 0.508 e. The third kappa shape index (κ3) is 2.89. The number of rotatable bonds is 3. The zero-order valence-corrected chi connectivity index (χ0v) is 11.9. The summed E-state index contributed by atoms with van der Waals surface area (Å²) in [7, 11) is 1.53. The predicted molar refractivity (Wildman–Crippen MR) is 79.2 cm³/mol. The molecule has 2 aromatic carbocycles. The molecule has 0 saturated carbocycles. The predicted octanol–water partition coefficient (Wildman–Crippen LogP) is 2.90. The lowest BCUT2D eigenvalue weighted by Crippen LogP contribution is -2.22. The monoisotopic (exact) mass is 286 g/mol. The number of hydrogen-bond donors (Lipinski definition) is 2. The molecule has 2 N–H and O–H groups in total. The second-order valence-corrected chi connectivity index (χ2v) is 5.38. The van der Waals surface area contributed by atoms with Gasteiger partial charge in [-0.1, -0.05) is 12.1 Å². The van der Waals surface area contributed by atoms with Gasteiger partial charge < -0.3 is 19.7 Å². The zero-order chi connectivity index (χ0) is 14.8. The molecule has 1 atom stereocenters. The van der Waals surface area contributed by atoms with Gasteiger partial charge in [-0.05, 0) is 42.2 Å². The minimum atomic E-state index is 0.144. The van der Waals surface area contributed by atoms with Crippen molar-refractivity contribution in [3.63, 3.8) is 0 Å². The number of phenolic OH excluding ortho intramolecular Hbond substituents is 2. The van der Waals surface area contributed by atoms with E-state index in [2.05, 4.69) is 0 Å². The van der Waals surface area contributed by atoms with Gasteiger partial charge >= 0.3 is 0 Å². The van der Waals surface area contributed by atoms with Crippen LogP contribution in [0.1, 0.15) is 11.1 Å². The van der Waals surface area contributed by atoms with E-state index in [1.54, 1.807) is 24.3 Å². The maximum absolute atomic E-state index is 9.86. The molecule has 0 aromatic heterocycles. The first-order valence-corrected chi connectivity index (χ1v) is 6.96. The molecule has 0 radical (unpaired) electrons. The van der Waals surface area contributed by atoms with Crippen molar-refractivity contribution in [3.8, 4) is 23.0 Å². The van der Waals surface area contributed by atoms with Crippen LogP contribution in [0, 0.1) is 5.92 Å². The Morgan fingerprint density at radius 3 is 2.67 bits per heavy atom. The lowest BCUT2D eigenvalue weighted by atomic mass is 9.91. The van der Waals surface area contributed by atoms with Crippen LogP contribution < -0.4 is 9.47 Å². The molecular weight excluding hydrogens is 268 g/mol. The van der Waals surface area contributed by atoms with Crippen LogP contribution >= 0.6 is 0 Å². The molecule has 4 nitrogen and oxygen atoms in total. The van der Waals surface area contributed by atoms with Gasteiger partial charge in [0.05, 0.1) is 13.7 Å². The van der Waals surface area contributed by atoms with Crippen LogP contribution in [0.25, 0.3) is 0 Å². The highest BCUT2D eigenvalue weighted by molar-refractivity contribution is 5.50. The van der Waals surface area contributed by atoms with Crippen LogP contribution in [0.15, 0.2) is 36.4 Å². The summed E-state index contributed by atoms with van der Waals surface area (Å²) in [5.41, 5.74) is 2.17. The van der Waals surface area contributed by atoms with Gasteiger partial charge in [-0.3, -0.25) is 0 Å².